The van der Waals surface area contributed by atoms with Crippen LogP contribution in [0.15, 0.2) is 24.3 Å². The second-order valence-corrected chi connectivity index (χ2v) is 11.0. The summed E-state index contributed by atoms with van der Waals surface area (Å²) < 4.78 is 5.37. The molecule has 0 saturated carbocycles. The Bertz CT molecular complexity index is 727. The van der Waals surface area contributed by atoms with E-state index in [-0.39, 0.29) is 24.3 Å². The number of rotatable bonds is 27. The minimum atomic E-state index is -0.157. The molecule has 1 aromatic rings. The summed E-state index contributed by atoms with van der Waals surface area (Å²) in [5.74, 6) is 0.559. The lowest BCUT2D eigenvalue weighted by Crippen LogP contribution is -2.36. The Morgan fingerprint density at radius 1 is 0.575 bits per heavy atom. The van der Waals surface area contributed by atoms with Crippen molar-refractivity contribution >= 4 is 11.9 Å². The molecule has 0 aliphatic carbocycles. The molecule has 0 saturated heterocycles. The molecular formula is C33H59N3O4. The summed E-state index contributed by atoms with van der Waals surface area (Å²) in [6, 6.07) is 6.22. The van der Waals surface area contributed by atoms with Gasteiger partial charge in [0.1, 0.15) is 11.5 Å². The molecule has 230 valence electrons. The van der Waals surface area contributed by atoms with E-state index in [0.29, 0.717) is 18.8 Å². The van der Waals surface area contributed by atoms with Crippen molar-refractivity contribution in [2.24, 2.45) is 0 Å². The van der Waals surface area contributed by atoms with Gasteiger partial charge in [-0.15, -0.1) is 0 Å². The molecule has 4 N–H and O–H groups in total. The first-order chi connectivity index (χ1) is 19.6. The number of aromatic hydroxyl groups is 1. The molecule has 0 aliphatic heterocycles. The highest BCUT2D eigenvalue weighted by atomic mass is 16.5. The number of nitrogens with one attached hydrogen (secondary N) is 3. The van der Waals surface area contributed by atoms with Gasteiger partial charge in [-0.25, -0.2) is 4.79 Å². The summed E-state index contributed by atoms with van der Waals surface area (Å²) in [5, 5.41) is 18.0. The number of carbonyl (C=O) groups excluding carboxylic acids is 2. The van der Waals surface area contributed by atoms with E-state index in [1.165, 1.54) is 108 Å². The molecule has 0 bridgehead atoms. The average Bonchev–Trinajstić information content (AvgIpc) is 2.95. The van der Waals surface area contributed by atoms with Gasteiger partial charge in [0.15, 0.2) is 6.61 Å². The third-order valence-corrected chi connectivity index (χ3v) is 7.23. The zero-order valence-corrected chi connectivity index (χ0v) is 25.5. The second kappa shape index (κ2) is 26.8. The highest BCUT2D eigenvalue weighted by molar-refractivity contribution is 5.77. The normalized spacial score (nSPS) is 10.8. The molecule has 1 rings (SSSR count). The van der Waals surface area contributed by atoms with Crippen molar-refractivity contribution in [3.63, 3.8) is 0 Å². The monoisotopic (exact) mass is 561 g/mol. The maximum Gasteiger partial charge on any atom is 0.314 e. The molecule has 0 aliphatic rings. The third-order valence-electron chi connectivity index (χ3n) is 7.23. The third kappa shape index (κ3) is 23.4. The van der Waals surface area contributed by atoms with Gasteiger partial charge in [-0.3, -0.25) is 4.79 Å². The van der Waals surface area contributed by atoms with Crippen molar-refractivity contribution in [3.05, 3.63) is 24.3 Å². The number of phenols is 1. The van der Waals surface area contributed by atoms with E-state index in [9.17, 15) is 14.7 Å². The lowest BCUT2D eigenvalue weighted by Gasteiger charge is -2.09. The van der Waals surface area contributed by atoms with Gasteiger partial charge in [0, 0.05) is 19.6 Å². The molecular weight excluding hydrogens is 502 g/mol. The number of carbonyl (C=O) groups is 2. The van der Waals surface area contributed by atoms with Crippen LogP contribution in [-0.2, 0) is 4.79 Å². The number of phenolic OH excluding ortho intramolecular Hbond substituents is 1. The number of urea groups is 1. The Kier molecular flexibility index (Phi) is 23.8. The smallest absolute Gasteiger partial charge is 0.314 e. The fourth-order valence-corrected chi connectivity index (χ4v) is 4.71. The maximum absolute atomic E-state index is 11.9. The summed E-state index contributed by atoms with van der Waals surface area (Å²) in [7, 11) is 0. The van der Waals surface area contributed by atoms with Crippen LogP contribution in [0.2, 0.25) is 0 Å². The van der Waals surface area contributed by atoms with Crippen molar-refractivity contribution in [1.82, 2.24) is 16.0 Å². The quantitative estimate of drug-likeness (QED) is 0.0818. The van der Waals surface area contributed by atoms with Gasteiger partial charge in [-0.2, -0.15) is 0 Å². The SMILES string of the molecule is CCCCCCCCCCCCCCCCCCNC(=O)NCCCCCCNC(=O)COc1ccc(O)cc1. The van der Waals surface area contributed by atoms with E-state index < -0.39 is 0 Å². The molecule has 7 nitrogen and oxygen atoms in total. The molecule has 3 amide bonds. The van der Waals surface area contributed by atoms with E-state index in [4.69, 9.17) is 4.74 Å². The largest absolute Gasteiger partial charge is 0.508 e. The lowest BCUT2D eigenvalue weighted by atomic mass is 10.0. The van der Waals surface area contributed by atoms with Gasteiger partial charge in [0.05, 0.1) is 0 Å². The van der Waals surface area contributed by atoms with Crippen LogP contribution >= 0.6 is 0 Å². The predicted octanol–water partition coefficient (Wildman–Crippen LogP) is 8.01. The minimum absolute atomic E-state index is 0.0384. The van der Waals surface area contributed by atoms with E-state index in [1.54, 1.807) is 12.1 Å². The van der Waals surface area contributed by atoms with Crippen LogP contribution in [0.25, 0.3) is 0 Å². The van der Waals surface area contributed by atoms with Crippen LogP contribution in [0.5, 0.6) is 11.5 Å². The molecule has 0 radical (unpaired) electrons. The number of unbranched alkanes of at least 4 members (excludes halogenated alkanes) is 18. The summed E-state index contributed by atoms with van der Waals surface area (Å²) in [6.45, 7) is 4.28. The first kappa shape index (κ1) is 35.6. The first-order valence-corrected chi connectivity index (χ1v) is 16.3. The summed E-state index contributed by atoms with van der Waals surface area (Å²) in [5.41, 5.74) is 0. The zero-order chi connectivity index (χ0) is 28.9. The van der Waals surface area contributed by atoms with Crippen molar-refractivity contribution < 1.29 is 19.4 Å². The van der Waals surface area contributed by atoms with Crippen LogP contribution < -0.4 is 20.7 Å². The molecule has 0 aromatic heterocycles. The van der Waals surface area contributed by atoms with E-state index in [1.807, 2.05) is 0 Å². The maximum atomic E-state index is 11.9. The fraction of sp³-hybridized carbons (Fsp3) is 0.758. The molecule has 0 heterocycles. The highest BCUT2D eigenvalue weighted by Gasteiger charge is 2.03. The lowest BCUT2D eigenvalue weighted by molar-refractivity contribution is -0.123. The number of benzene rings is 1. The molecule has 0 spiro atoms. The van der Waals surface area contributed by atoms with Gasteiger partial charge < -0.3 is 25.8 Å². The van der Waals surface area contributed by atoms with Gasteiger partial charge >= 0.3 is 6.03 Å². The van der Waals surface area contributed by atoms with E-state index in [2.05, 4.69) is 22.9 Å². The number of hydrogen-bond donors (Lipinski definition) is 4. The Morgan fingerprint density at radius 2 is 0.950 bits per heavy atom. The Hall–Kier alpha value is -2.44. The van der Waals surface area contributed by atoms with Crippen molar-refractivity contribution in [3.8, 4) is 11.5 Å². The molecule has 1 aromatic carbocycles. The number of amides is 3. The molecule has 40 heavy (non-hydrogen) atoms. The van der Waals surface area contributed by atoms with Gasteiger partial charge in [0.25, 0.3) is 5.91 Å². The molecule has 7 heteroatoms. The van der Waals surface area contributed by atoms with Gasteiger partial charge in [0.2, 0.25) is 0 Å². The summed E-state index contributed by atoms with van der Waals surface area (Å²) in [4.78, 5) is 23.7. The van der Waals surface area contributed by atoms with Crippen molar-refractivity contribution in [2.45, 2.75) is 135 Å². The topological polar surface area (TPSA) is 99.7 Å². The Morgan fingerprint density at radius 3 is 1.38 bits per heavy atom. The number of ether oxygens (including phenoxy) is 1. The van der Waals surface area contributed by atoms with Crippen LogP contribution in [0, 0.1) is 0 Å². The van der Waals surface area contributed by atoms with Gasteiger partial charge in [-0.1, -0.05) is 116 Å². The average molecular weight is 562 g/mol. The number of hydrogen-bond acceptors (Lipinski definition) is 4. The molecule has 0 unspecified atom stereocenters. The first-order valence-electron chi connectivity index (χ1n) is 16.3. The van der Waals surface area contributed by atoms with Gasteiger partial charge in [-0.05, 0) is 43.5 Å². The molecule has 0 atom stereocenters. The Labute approximate surface area is 244 Å². The van der Waals surface area contributed by atoms with E-state index in [0.717, 1.165) is 38.6 Å². The zero-order valence-electron chi connectivity index (χ0n) is 25.5. The van der Waals surface area contributed by atoms with Crippen LogP contribution in [0.3, 0.4) is 0 Å². The van der Waals surface area contributed by atoms with Crippen molar-refractivity contribution in [2.75, 3.05) is 26.2 Å². The highest BCUT2D eigenvalue weighted by Crippen LogP contribution is 2.16. The summed E-state index contributed by atoms with van der Waals surface area (Å²) >= 11 is 0. The van der Waals surface area contributed by atoms with Crippen LogP contribution in [-0.4, -0.2) is 43.3 Å². The molecule has 0 fully saturated rings. The van der Waals surface area contributed by atoms with Crippen LogP contribution in [0.4, 0.5) is 4.79 Å². The standard InChI is InChI=1S/C33H59N3O4/c1-2-3-4-5-6-7-8-9-10-11-12-13-14-15-16-20-27-35-33(39)36-28-21-18-17-19-26-34-32(38)29-40-31-24-22-30(37)23-25-31/h22-25,37H,2-21,26-29H2,1H3,(H,34,38)(H2,35,36,39). The minimum Gasteiger partial charge on any atom is -0.508 e. The predicted molar refractivity (Wildman–Crippen MR) is 166 cm³/mol. The fourth-order valence-electron chi connectivity index (χ4n) is 4.71. The van der Waals surface area contributed by atoms with Crippen molar-refractivity contribution in [1.29, 1.82) is 0 Å². The van der Waals surface area contributed by atoms with E-state index >= 15 is 0 Å². The summed E-state index contributed by atoms with van der Waals surface area (Å²) in [6.07, 6.45) is 25.5. The Balaban J connectivity index is 1.75. The second-order valence-electron chi connectivity index (χ2n) is 11.0. The van der Waals surface area contributed by atoms with Crippen LogP contribution in [0.1, 0.15) is 135 Å².